The van der Waals surface area contributed by atoms with Gasteiger partial charge in [0.25, 0.3) is 0 Å². The maximum atomic E-state index is 12.6. The van der Waals surface area contributed by atoms with Gasteiger partial charge in [-0.3, -0.25) is 0 Å². The van der Waals surface area contributed by atoms with Crippen molar-refractivity contribution >= 4 is 33.3 Å². The Balaban J connectivity index is 1.70. The standard InChI is InChI=1S/C20H23ClN2O4S/c1-27-20(24)16-7-10-18(21)19(13-16)28(25,26)22-14-15-5-8-17(9-6-15)23-11-3-2-4-12-23/h5-10,13,22H,2-4,11-12,14H2,1H3. The number of methoxy groups -OCH3 is 1. The van der Waals surface area contributed by atoms with Crippen molar-refractivity contribution in [2.24, 2.45) is 0 Å². The Morgan fingerprint density at radius 1 is 1.11 bits per heavy atom. The number of carbonyl (C=O) groups is 1. The van der Waals surface area contributed by atoms with E-state index in [9.17, 15) is 13.2 Å². The fourth-order valence-corrected chi connectivity index (χ4v) is 4.73. The molecule has 0 atom stereocenters. The van der Waals surface area contributed by atoms with Crippen molar-refractivity contribution in [3.05, 3.63) is 58.6 Å². The summed E-state index contributed by atoms with van der Waals surface area (Å²) in [5, 5.41) is 0.0422. The smallest absolute Gasteiger partial charge is 0.337 e. The molecule has 1 saturated heterocycles. The summed E-state index contributed by atoms with van der Waals surface area (Å²) in [6, 6.07) is 11.9. The van der Waals surface area contributed by atoms with Gasteiger partial charge in [0.1, 0.15) is 4.90 Å². The summed E-state index contributed by atoms with van der Waals surface area (Å²) in [5.74, 6) is -0.624. The molecule has 1 aliphatic rings. The van der Waals surface area contributed by atoms with Crippen LogP contribution in [-0.2, 0) is 21.3 Å². The minimum Gasteiger partial charge on any atom is -0.465 e. The zero-order chi connectivity index (χ0) is 20.1. The Morgan fingerprint density at radius 2 is 1.79 bits per heavy atom. The lowest BCUT2D eigenvalue weighted by Crippen LogP contribution is -2.29. The molecule has 0 saturated carbocycles. The molecule has 0 amide bonds. The molecule has 0 unspecified atom stereocenters. The van der Waals surface area contributed by atoms with Gasteiger partial charge in [-0.25, -0.2) is 17.9 Å². The van der Waals surface area contributed by atoms with E-state index in [1.807, 2.05) is 24.3 Å². The van der Waals surface area contributed by atoms with E-state index in [0.717, 1.165) is 24.3 Å². The van der Waals surface area contributed by atoms with E-state index in [1.54, 1.807) is 0 Å². The molecule has 3 rings (SSSR count). The number of rotatable bonds is 6. The van der Waals surface area contributed by atoms with Gasteiger partial charge in [0, 0.05) is 25.3 Å². The number of hydrogen-bond acceptors (Lipinski definition) is 5. The van der Waals surface area contributed by atoms with Gasteiger partial charge in [-0.05, 0) is 55.2 Å². The second-order valence-electron chi connectivity index (χ2n) is 6.68. The maximum absolute atomic E-state index is 12.6. The normalized spacial score (nSPS) is 14.7. The fraction of sp³-hybridized carbons (Fsp3) is 0.350. The van der Waals surface area contributed by atoms with Crippen LogP contribution in [0.4, 0.5) is 5.69 Å². The van der Waals surface area contributed by atoms with Gasteiger partial charge in [0.05, 0.1) is 17.7 Å². The first-order valence-corrected chi connectivity index (χ1v) is 11.0. The number of halogens is 1. The Kier molecular flexibility index (Phi) is 6.59. The third-order valence-corrected chi connectivity index (χ3v) is 6.65. The zero-order valence-corrected chi connectivity index (χ0v) is 17.2. The molecule has 0 aromatic heterocycles. The number of esters is 1. The highest BCUT2D eigenvalue weighted by atomic mass is 35.5. The monoisotopic (exact) mass is 422 g/mol. The molecule has 0 spiro atoms. The maximum Gasteiger partial charge on any atom is 0.337 e. The number of piperidine rings is 1. The summed E-state index contributed by atoms with van der Waals surface area (Å²) in [5.41, 5.74) is 2.11. The van der Waals surface area contributed by atoms with Crippen molar-refractivity contribution < 1.29 is 17.9 Å². The second kappa shape index (κ2) is 8.94. The Bertz CT molecular complexity index is 939. The highest BCUT2D eigenvalue weighted by Crippen LogP contribution is 2.24. The predicted octanol–water partition coefficient (Wildman–Crippen LogP) is 3.60. The SMILES string of the molecule is COC(=O)c1ccc(Cl)c(S(=O)(=O)NCc2ccc(N3CCCCC3)cc2)c1. The molecule has 28 heavy (non-hydrogen) atoms. The third-order valence-electron chi connectivity index (χ3n) is 4.77. The number of nitrogens with one attached hydrogen (secondary N) is 1. The van der Waals surface area contributed by atoms with E-state index < -0.39 is 16.0 Å². The molecule has 150 valence electrons. The van der Waals surface area contributed by atoms with Gasteiger partial charge in [-0.1, -0.05) is 23.7 Å². The first-order chi connectivity index (χ1) is 13.4. The van der Waals surface area contributed by atoms with Crippen molar-refractivity contribution in [3.63, 3.8) is 0 Å². The van der Waals surface area contributed by atoms with Gasteiger partial charge in [0.15, 0.2) is 0 Å². The van der Waals surface area contributed by atoms with E-state index in [0.29, 0.717) is 0 Å². The number of benzene rings is 2. The van der Waals surface area contributed by atoms with E-state index in [-0.39, 0.29) is 22.0 Å². The number of ether oxygens (including phenoxy) is 1. The van der Waals surface area contributed by atoms with Crippen LogP contribution < -0.4 is 9.62 Å². The molecule has 0 radical (unpaired) electrons. The average molecular weight is 423 g/mol. The minimum atomic E-state index is -3.88. The van der Waals surface area contributed by atoms with Crippen LogP contribution in [0.3, 0.4) is 0 Å². The van der Waals surface area contributed by atoms with Crippen molar-refractivity contribution in [3.8, 4) is 0 Å². The fourth-order valence-electron chi connectivity index (χ4n) is 3.19. The van der Waals surface area contributed by atoms with Crippen LogP contribution in [0.25, 0.3) is 0 Å². The highest BCUT2D eigenvalue weighted by molar-refractivity contribution is 7.89. The van der Waals surface area contributed by atoms with Gasteiger partial charge in [0.2, 0.25) is 10.0 Å². The molecule has 1 fully saturated rings. The molecular weight excluding hydrogens is 400 g/mol. The Labute approximate surface area is 170 Å². The predicted molar refractivity (Wildman–Crippen MR) is 109 cm³/mol. The molecule has 8 heteroatoms. The number of carbonyl (C=O) groups excluding carboxylic acids is 1. The molecular formula is C20H23ClN2O4S. The summed E-state index contributed by atoms with van der Waals surface area (Å²) in [7, 11) is -2.65. The van der Waals surface area contributed by atoms with Crippen molar-refractivity contribution in [1.82, 2.24) is 4.72 Å². The summed E-state index contributed by atoms with van der Waals surface area (Å²) in [6.07, 6.45) is 3.68. The van der Waals surface area contributed by atoms with Gasteiger partial charge < -0.3 is 9.64 Å². The molecule has 0 aliphatic carbocycles. The molecule has 0 bridgehead atoms. The van der Waals surface area contributed by atoms with Crippen LogP contribution in [0.1, 0.15) is 35.2 Å². The summed E-state index contributed by atoms with van der Waals surface area (Å²) < 4.78 is 32.5. The summed E-state index contributed by atoms with van der Waals surface area (Å²) >= 11 is 6.04. The number of sulfonamides is 1. The van der Waals surface area contributed by atoms with Gasteiger partial charge >= 0.3 is 5.97 Å². The lowest BCUT2D eigenvalue weighted by Gasteiger charge is -2.28. The lowest BCUT2D eigenvalue weighted by atomic mass is 10.1. The number of anilines is 1. The van der Waals surface area contributed by atoms with Crippen LogP contribution in [0.5, 0.6) is 0 Å². The van der Waals surface area contributed by atoms with Crippen molar-refractivity contribution in [1.29, 1.82) is 0 Å². The van der Waals surface area contributed by atoms with Gasteiger partial charge in [-0.2, -0.15) is 0 Å². The van der Waals surface area contributed by atoms with Crippen LogP contribution in [0.15, 0.2) is 47.4 Å². The largest absolute Gasteiger partial charge is 0.465 e. The van der Waals surface area contributed by atoms with Crippen molar-refractivity contribution in [2.45, 2.75) is 30.7 Å². The third kappa shape index (κ3) is 4.84. The minimum absolute atomic E-state index is 0.0422. The van der Waals surface area contributed by atoms with Crippen molar-refractivity contribution in [2.75, 3.05) is 25.1 Å². The molecule has 6 nitrogen and oxygen atoms in total. The lowest BCUT2D eigenvalue weighted by molar-refractivity contribution is 0.0600. The summed E-state index contributed by atoms with van der Waals surface area (Å²) in [4.78, 5) is 13.9. The summed E-state index contributed by atoms with van der Waals surface area (Å²) in [6.45, 7) is 2.24. The number of hydrogen-bond donors (Lipinski definition) is 1. The zero-order valence-electron chi connectivity index (χ0n) is 15.7. The number of nitrogens with zero attached hydrogens (tertiary/aromatic N) is 1. The second-order valence-corrected chi connectivity index (χ2v) is 8.82. The Hall–Kier alpha value is -2.09. The first kappa shape index (κ1) is 20.6. The van der Waals surface area contributed by atoms with E-state index in [1.165, 1.54) is 44.6 Å². The van der Waals surface area contributed by atoms with Crippen LogP contribution in [0, 0.1) is 0 Å². The van der Waals surface area contributed by atoms with E-state index in [2.05, 4.69) is 14.4 Å². The quantitative estimate of drug-likeness (QED) is 0.720. The van der Waals surface area contributed by atoms with E-state index in [4.69, 9.17) is 11.6 Å². The van der Waals surface area contributed by atoms with Crippen LogP contribution >= 0.6 is 11.6 Å². The highest BCUT2D eigenvalue weighted by Gasteiger charge is 2.20. The van der Waals surface area contributed by atoms with Crippen LogP contribution in [0.2, 0.25) is 5.02 Å². The molecule has 2 aromatic rings. The van der Waals surface area contributed by atoms with E-state index >= 15 is 0 Å². The molecule has 1 aliphatic heterocycles. The van der Waals surface area contributed by atoms with Gasteiger partial charge in [-0.15, -0.1) is 0 Å². The molecule has 1 heterocycles. The van der Waals surface area contributed by atoms with Crippen LogP contribution in [-0.4, -0.2) is 34.6 Å². The topological polar surface area (TPSA) is 75.7 Å². The molecule has 1 N–H and O–H groups in total. The first-order valence-electron chi connectivity index (χ1n) is 9.12. The Morgan fingerprint density at radius 3 is 2.43 bits per heavy atom. The average Bonchev–Trinajstić information content (AvgIpc) is 2.73. The molecule has 2 aromatic carbocycles.